The topological polar surface area (TPSA) is 50.7 Å². The number of nitrogens with two attached hydrogens (primary N) is 1. The van der Waals surface area contributed by atoms with Crippen molar-refractivity contribution in [1.29, 1.82) is 0 Å². The summed E-state index contributed by atoms with van der Waals surface area (Å²) in [5, 5.41) is 0. The molecule has 3 nitrogen and oxygen atoms in total. The molecule has 7 heavy (non-hydrogen) atoms. The van der Waals surface area contributed by atoms with Crippen LogP contribution in [0.15, 0.2) is 22.4 Å². The van der Waals surface area contributed by atoms with Crippen LogP contribution in [-0.4, -0.2) is 13.1 Å². The number of rotatable bonds is 2. The van der Waals surface area contributed by atoms with E-state index in [-0.39, 0.29) is 0 Å². The molecule has 0 heterocycles. The first-order chi connectivity index (χ1) is 3.41. The zero-order chi connectivity index (χ0) is 5.54. The predicted molar refractivity (Wildman–Crippen MR) is 31.4 cm³/mol. The lowest BCUT2D eigenvalue weighted by molar-refractivity contribution is 1.48. The first kappa shape index (κ1) is 5.88. The number of nitrogens with zero attached hydrogens (tertiary/aromatic N) is 2. The van der Waals surface area contributed by atoms with Crippen LogP contribution in [0.2, 0.25) is 0 Å². The number of aliphatic imine (C=N–C) groups is 2. The Kier molecular flexibility index (Phi) is 4.10. The van der Waals surface area contributed by atoms with Gasteiger partial charge in [-0.3, -0.25) is 4.99 Å². The largest absolute Gasteiger partial charge is 0.403 e. The van der Waals surface area contributed by atoms with Gasteiger partial charge in [-0.25, -0.2) is 4.99 Å². The summed E-state index contributed by atoms with van der Waals surface area (Å²) in [7, 11) is 0. The highest BCUT2D eigenvalue weighted by Crippen LogP contribution is 1.63. The van der Waals surface area contributed by atoms with E-state index in [4.69, 9.17) is 5.73 Å². The lowest BCUT2D eigenvalue weighted by Gasteiger charge is -1.67. The summed E-state index contributed by atoms with van der Waals surface area (Å²) in [6.45, 7) is 3.16. The molecule has 0 aliphatic rings. The van der Waals surface area contributed by atoms with Crippen molar-refractivity contribution in [2.45, 2.75) is 0 Å². The standard InChI is InChI=1S/C4H7N3/c1-6-4-7-3-2-5/h2-4H,1,5H2/b3-2-,7-4?. The highest BCUT2D eigenvalue weighted by atomic mass is 14.8. The highest BCUT2D eigenvalue weighted by molar-refractivity contribution is 5.62. The Morgan fingerprint density at radius 3 is 2.71 bits per heavy atom. The van der Waals surface area contributed by atoms with Crippen LogP contribution in [0.3, 0.4) is 0 Å². The molecule has 0 saturated heterocycles. The smallest absolute Gasteiger partial charge is 0.114 e. The summed E-state index contributed by atoms with van der Waals surface area (Å²) in [5.74, 6) is 0. The van der Waals surface area contributed by atoms with Gasteiger partial charge in [0.15, 0.2) is 0 Å². The summed E-state index contributed by atoms with van der Waals surface area (Å²) >= 11 is 0. The Morgan fingerprint density at radius 2 is 2.29 bits per heavy atom. The summed E-state index contributed by atoms with van der Waals surface area (Å²) in [5.41, 5.74) is 4.91. The van der Waals surface area contributed by atoms with Crippen molar-refractivity contribution in [2.75, 3.05) is 0 Å². The van der Waals surface area contributed by atoms with E-state index in [0.717, 1.165) is 0 Å². The molecule has 38 valence electrons. The average molecular weight is 97.1 g/mol. The van der Waals surface area contributed by atoms with Gasteiger partial charge < -0.3 is 5.73 Å². The van der Waals surface area contributed by atoms with E-state index in [0.29, 0.717) is 0 Å². The minimum Gasteiger partial charge on any atom is -0.403 e. The molecule has 0 radical (unpaired) electrons. The Balaban J connectivity index is 3.27. The molecule has 0 aliphatic heterocycles. The molecule has 0 unspecified atom stereocenters. The third-order valence-electron chi connectivity index (χ3n) is 0.320. The quantitative estimate of drug-likeness (QED) is 0.387. The van der Waals surface area contributed by atoms with Gasteiger partial charge in [0.05, 0.1) is 0 Å². The van der Waals surface area contributed by atoms with E-state index in [1.54, 1.807) is 0 Å². The van der Waals surface area contributed by atoms with Crippen LogP contribution in [0.25, 0.3) is 0 Å². The summed E-state index contributed by atoms with van der Waals surface area (Å²) < 4.78 is 0. The van der Waals surface area contributed by atoms with E-state index in [9.17, 15) is 0 Å². The van der Waals surface area contributed by atoms with Crippen LogP contribution < -0.4 is 5.73 Å². The van der Waals surface area contributed by atoms with Gasteiger partial charge in [0, 0.05) is 12.4 Å². The monoisotopic (exact) mass is 97.1 g/mol. The normalized spacial score (nSPS) is 10.9. The van der Waals surface area contributed by atoms with Gasteiger partial charge in [0.1, 0.15) is 6.34 Å². The third kappa shape index (κ3) is 4.88. The molecule has 0 atom stereocenters. The lowest BCUT2D eigenvalue weighted by atomic mass is 10.9. The van der Waals surface area contributed by atoms with Crippen molar-refractivity contribution >= 4 is 13.1 Å². The maximum Gasteiger partial charge on any atom is 0.114 e. The molecule has 0 aromatic carbocycles. The molecule has 0 fully saturated rings. The van der Waals surface area contributed by atoms with E-state index in [1.165, 1.54) is 18.7 Å². The highest BCUT2D eigenvalue weighted by Gasteiger charge is 1.52. The van der Waals surface area contributed by atoms with Crippen LogP contribution in [0.4, 0.5) is 0 Å². The summed E-state index contributed by atoms with van der Waals surface area (Å²) in [4.78, 5) is 6.87. The van der Waals surface area contributed by atoms with Gasteiger partial charge in [-0.2, -0.15) is 0 Å². The van der Waals surface area contributed by atoms with Crippen LogP contribution in [0.1, 0.15) is 0 Å². The summed E-state index contributed by atoms with van der Waals surface area (Å²) in [6, 6.07) is 0. The second-order valence-electron chi connectivity index (χ2n) is 0.789. The van der Waals surface area contributed by atoms with E-state index in [1.807, 2.05) is 0 Å². The molecular formula is C4H7N3. The fraction of sp³-hybridized carbons (Fsp3) is 0. The zero-order valence-electron chi connectivity index (χ0n) is 3.91. The molecule has 0 bridgehead atoms. The Hall–Kier alpha value is -1.12. The Labute approximate surface area is 42.3 Å². The van der Waals surface area contributed by atoms with E-state index < -0.39 is 0 Å². The van der Waals surface area contributed by atoms with Crippen molar-refractivity contribution in [3.63, 3.8) is 0 Å². The van der Waals surface area contributed by atoms with Crippen molar-refractivity contribution in [2.24, 2.45) is 15.7 Å². The van der Waals surface area contributed by atoms with Crippen molar-refractivity contribution in [3.05, 3.63) is 12.4 Å². The zero-order valence-corrected chi connectivity index (χ0v) is 3.91. The van der Waals surface area contributed by atoms with Gasteiger partial charge in [0.25, 0.3) is 0 Å². The predicted octanol–water partition coefficient (Wildman–Crippen LogP) is 0.145. The maximum atomic E-state index is 4.91. The van der Waals surface area contributed by atoms with E-state index in [2.05, 4.69) is 16.7 Å². The number of hydrogen-bond acceptors (Lipinski definition) is 2. The van der Waals surface area contributed by atoms with Crippen molar-refractivity contribution in [3.8, 4) is 0 Å². The van der Waals surface area contributed by atoms with Gasteiger partial charge in [0.2, 0.25) is 0 Å². The third-order valence-corrected chi connectivity index (χ3v) is 0.320. The Morgan fingerprint density at radius 1 is 1.57 bits per heavy atom. The lowest BCUT2D eigenvalue weighted by Crippen LogP contribution is -1.72. The van der Waals surface area contributed by atoms with Crippen LogP contribution >= 0.6 is 0 Å². The second kappa shape index (κ2) is 4.88. The SMILES string of the molecule is C=NC=N/C=C\N. The first-order valence-corrected chi connectivity index (χ1v) is 1.76. The fourth-order valence-electron chi connectivity index (χ4n) is 0.135. The molecule has 0 aromatic heterocycles. The van der Waals surface area contributed by atoms with Crippen LogP contribution in [-0.2, 0) is 0 Å². The second-order valence-corrected chi connectivity index (χ2v) is 0.789. The summed E-state index contributed by atoms with van der Waals surface area (Å²) in [6.07, 6.45) is 4.06. The van der Waals surface area contributed by atoms with Gasteiger partial charge >= 0.3 is 0 Å². The van der Waals surface area contributed by atoms with Gasteiger partial charge in [-0.15, -0.1) is 0 Å². The molecule has 3 heteroatoms. The minimum atomic E-state index is 1.31. The maximum absolute atomic E-state index is 4.91. The molecule has 0 rings (SSSR count). The molecule has 0 amide bonds. The number of hydrogen-bond donors (Lipinski definition) is 1. The molecule has 0 saturated carbocycles. The average Bonchev–Trinajstić information content (AvgIpc) is 1.69. The van der Waals surface area contributed by atoms with Crippen molar-refractivity contribution in [1.82, 2.24) is 0 Å². The first-order valence-electron chi connectivity index (χ1n) is 1.76. The molecular weight excluding hydrogens is 90.1 g/mol. The van der Waals surface area contributed by atoms with E-state index >= 15 is 0 Å². The van der Waals surface area contributed by atoms with Crippen molar-refractivity contribution < 1.29 is 0 Å². The Bertz CT molecular complexity index is 93.1. The fourth-order valence-corrected chi connectivity index (χ4v) is 0.135. The molecule has 2 N–H and O–H groups in total. The van der Waals surface area contributed by atoms with Gasteiger partial charge in [-0.1, -0.05) is 0 Å². The van der Waals surface area contributed by atoms with Crippen LogP contribution in [0, 0.1) is 0 Å². The molecule has 0 spiro atoms. The van der Waals surface area contributed by atoms with Gasteiger partial charge in [-0.05, 0) is 6.72 Å². The van der Waals surface area contributed by atoms with Crippen LogP contribution in [0.5, 0.6) is 0 Å². The minimum absolute atomic E-state index is 1.31. The molecule has 0 aliphatic carbocycles. The molecule has 0 aromatic rings.